The number of benzene rings is 1. The SMILES string of the molecule is CCC(C)NC(=O)CN1C(=O)C(=O)c2ccc(F)cc21. The molecule has 5 nitrogen and oxygen atoms in total. The Labute approximate surface area is 115 Å². The summed E-state index contributed by atoms with van der Waals surface area (Å²) in [4.78, 5) is 36.4. The number of nitrogens with one attached hydrogen (secondary N) is 1. The maximum atomic E-state index is 13.2. The average molecular weight is 278 g/mol. The number of hydrogen-bond donors (Lipinski definition) is 1. The van der Waals surface area contributed by atoms with E-state index < -0.39 is 17.5 Å². The first-order chi connectivity index (χ1) is 9.43. The van der Waals surface area contributed by atoms with E-state index in [-0.39, 0.29) is 29.7 Å². The maximum absolute atomic E-state index is 13.2. The summed E-state index contributed by atoms with van der Waals surface area (Å²) in [5.74, 6) is -2.45. The lowest BCUT2D eigenvalue weighted by molar-refractivity contribution is -0.122. The fraction of sp³-hybridized carbons (Fsp3) is 0.357. The predicted octanol–water partition coefficient (Wildman–Crippen LogP) is 1.27. The van der Waals surface area contributed by atoms with E-state index in [1.54, 1.807) is 0 Å². The Morgan fingerprint density at radius 1 is 1.40 bits per heavy atom. The van der Waals surface area contributed by atoms with Gasteiger partial charge in [0.2, 0.25) is 5.91 Å². The third-order valence-corrected chi connectivity index (χ3v) is 3.26. The highest BCUT2D eigenvalue weighted by atomic mass is 19.1. The van der Waals surface area contributed by atoms with E-state index in [2.05, 4.69) is 5.32 Å². The highest BCUT2D eigenvalue weighted by molar-refractivity contribution is 6.52. The molecule has 2 amide bonds. The second-order valence-corrected chi connectivity index (χ2v) is 4.76. The number of hydrogen-bond acceptors (Lipinski definition) is 3. The van der Waals surface area contributed by atoms with Gasteiger partial charge in [0.1, 0.15) is 12.4 Å². The molecule has 0 spiro atoms. The van der Waals surface area contributed by atoms with Crippen LogP contribution in [0.25, 0.3) is 0 Å². The Bertz CT molecular complexity index is 586. The van der Waals surface area contributed by atoms with Gasteiger partial charge < -0.3 is 5.32 Å². The first-order valence-electron chi connectivity index (χ1n) is 6.39. The zero-order valence-electron chi connectivity index (χ0n) is 11.3. The average Bonchev–Trinajstić information content (AvgIpc) is 2.63. The zero-order valence-corrected chi connectivity index (χ0v) is 11.3. The second-order valence-electron chi connectivity index (χ2n) is 4.76. The predicted molar refractivity (Wildman–Crippen MR) is 71.0 cm³/mol. The maximum Gasteiger partial charge on any atom is 0.299 e. The van der Waals surface area contributed by atoms with Crippen LogP contribution in [-0.2, 0) is 9.59 Å². The zero-order chi connectivity index (χ0) is 14.9. The number of Topliss-reactive ketones (excluding diaryl/α,β-unsaturated/α-hetero) is 1. The van der Waals surface area contributed by atoms with Crippen molar-refractivity contribution in [1.29, 1.82) is 0 Å². The largest absolute Gasteiger partial charge is 0.352 e. The molecule has 1 aliphatic rings. The Hall–Kier alpha value is -2.24. The molecule has 1 atom stereocenters. The van der Waals surface area contributed by atoms with Crippen LogP contribution in [-0.4, -0.2) is 30.2 Å². The number of ketones is 1. The van der Waals surface area contributed by atoms with E-state index in [1.807, 2.05) is 13.8 Å². The first-order valence-corrected chi connectivity index (χ1v) is 6.39. The smallest absolute Gasteiger partial charge is 0.299 e. The summed E-state index contributed by atoms with van der Waals surface area (Å²) in [5.41, 5.74) is 0.284. The lowest BCUT2D eigenvalue weighted by atomic mass is 10.1. The Balaban J connectivity index is 2.21. The molecular formula is C14H15FN2O3. The first kappa shape index (κ1) is 14.2. The summed E-state index contributed by atoms with van der Waals surface area (Å²) in [5, 5.41) is 2.70. The molecule has 1 heterocycles. The molecular weight excluding hydrogens is 263 g/mol. The van der Waals surface area contributed by atoms with Crippen molar-refractivity contribution in [1.82, 2.24) is 5.32 Å². The van der Waals surface area contributed by atoms with Gasteiger partial charge in [0, 0.05) is 6.04 Å². The number of halogens is 1. The van der Waals surface area contributed by atoms with Crippen molar-refractivity contribution < 1.29 is 18.8 Å². The monoisotopic (exact) mass is 278 g/mol. The number of carbonyl (C=O) groups is 3. The van der Waals surface area contributed by atoms with Crippen LogP contribution < -0.4 is 10.2 Å². The lowest BCUT2D eigenvalue weighted by Crippen LogP contribution is -2.42. The van der Waals surface area contributed by atoms with E-state index in [9.17, 15) is 18.8 Å². The summed E-state index contributed by atoms with van der Waals surface area (Å²) >= 11 is 0. The summed E-state index contributed by atoms with van der Waals surface area (Å²) in [6, 6.07) is 3.45. The van der Waals surface area contributed by atoms with Crippen LogP contribution >= 0.6 is 0 Å². The van der Waals surface area contributed by atoms with Crippen molar-refractivity contribution in [3.05, 3.63) is 29.6 Å². The van der Waals surface area contributed by atoms with Gasteiger partial charge >= 0.3 is 0 Å². The molecule has 1 N–H and O–H groups in total. The molecule has 1 aromatic carbocycles. The van der Waals surface area contributed by atoms with Gasteiger partial charge in [0.15, 0.2) is 0 Å². The fourth-order valence-corrected chi connectivity index (χ4v) is 1.99. The summed E-state index contributed by atoms with van der Waals surface area (Å²) in [7, 11) is 0. The van der Waals surface area contributed by atoms with Gasteiger partial charge in [-0.2, -0.15) is 0 Å². The van der Waals surface area contributed by atoms with Gasteiger partial charge in [-0.15, -0.1) is 0 Å². The van der Waals surface area contributed by atoms with Crippen LogP contribution in [0, 0.1) is 5.82 Å². The molecule has 1 aromatic rings. The Kier molecular flexibility index (Phi) is 3.83. The van der Waals surface area contributed by atoms with Crippen LogP contribution in [0.3, 0.4) is 0 Å². The van der Waals surface area contributed by atoms with Crippen LogP contribution in [0.15, 0.2) is 18.2 Å². The van der Waals surface area contributed by atoms with E-state index in [4.69, 9.17) is 0 Å². The minimum absolute atomic E-state index is 0.0251. The molecule has 0 saturated heterocycles. The Morgan fingerprint density at radius 2 is 2.10 bits per heavy atom. The van der Waals surface area contributed by atoms with Crippen LogP contribution in [0.1, 0.15) is 30.6 Å². The minimum Gasteiger partial charge on any atom is -0.352 e. The van der Waals surface area contributed by atoms with Crippen LogP contribution in [0.2, 0.25) is 0 Å². The van der Waals surface area contributed by atoms with E-state index in [0.717, 1.165) is 23.5 Å². The van der Waals surface area contributed by atoms with Crippen molar-refractivity contribution in [3.8, 4) is 0 Å². The molecule has 0 radical (unpaired) electrons. The van der Waals surface area contributed by atoms with Gasteiger partial charge in [0.25, 0.3) is 11.7 Å². The quantitative estimate of drug-likeness (QED) is 0.843. The number of amides is 2. The fourth-order valence-electron chi connectivity index (χ4n) is 1.99. The Morgan fingerprint density at radius 3 is 2.75 bits per heavy atom. The normalized spacial score (nSPS) is 15.2. The number of carbonyl (C=O) groups excluding carboxylic acids is 3. The molecule has 0 bridgehead atoms. The number of rotatable bonds is 4. The van der Waals surface area contributed by atoms with Crippen LogP contribution in [0.4, 0.5) is 10.1 Å². The van der Waals surface area contributed by atoms with Crippen molar-refractivity contribution in [2.75, 3.05) is 11.4 Å². The molecule has 0 aliphatic carbocycles. The number of fused-ring (bicyclic) bond motifs is 1. The third-order valence-electron chi connectivity index (χ3n) is 3.26. The summed E-state index contributed by atoms with van der Waals surface area (Å²) in [6.07, 6.45) is 0.754. The van der Waals surface area contributed by atoms with Gasteiger partial charge in [-0.1, -0.05) is 6.92 Å². The lowest BCUT2D eigenvalue weighted by Gasteiger charge is -2.18. The number of nitrogens with zero attached hydrogens (tertiary/aromatic N) is 1. The van der Waals surface area contributed by atoms with E-state index in [0.29, 0.717) is 0 Å². The van der Waals surface area contributed by atoms with E-state index >= 15 is 0 Å². The van der Waals surface area contributed by atoms with Crippen molar-refractivity contribution in [2.24, 2.45) is 0 Å². The second kappa shape index (κ2) is 5.40. The molecule has 1 aliphatic heterocycles. The third kappa shape index (κ3) is 2.54. The summed E-state index contributed by atoms with van der Waals surface area (Å²) < 4.78 is 13.2. The van der Waals surface area contributed by atoms with Gasteiger partial charge in [-0.05, 0) is 31.5 Å². The van der Waals surface area contributed by atoms with Gasteiger partial charge in [0.05, 0.1) is 11.3 Å². The van der Waals surface area contributed by atoms with Gasteiger partial charge in [-0.3, -0.25) is 19.3 Å². The minimum atomic E-state index is -0.801. The highest BCUT2D eigenvalue weighted by Crippen LogP contribution is 2.29. The summed E-state index contributed by atoms with van der Waals surface area (Å²) in [6.45, 7) is 3.47. The molecule has 20 heavy (non-hydrogen) atoms. The number of anilines is 1. The molecule has 106 valence electrons. The topological polar surface area (TPSA) is 66.5 Å². The molecule has 2 rings (SSSR count). The van der Waals surface area contributed by atoms with Crippen molar-refractivity contribution in [3.63, 3.8) is 0 Å². The molecule has 1 unspecified atom stereocenters. The van der Waals surface area contributed by atoms with Crippen molar-refractivity contribution >= 4 is 23.3 Å². The van der Waals surface area contributed by atoms with Gasteiger partial charge in [-0.25, -0.2) is 4.39 Å². The molecule has 0 aromatic heterocycles. The van der Waals surface area contributed by atoms with Crippen molar-refractivity contribution in [2.45, 2.75) is 26.3 Å². The highest BCUT2D eigenvalue weighted by Gasteiger charge is 2.37. The molecule has 0 saturated carbocycles. The standard InChI is InChI=1S/C14H15FN2O3/c1-3-8(2)16-12(18)7-17-11-6-9(15)4-5-10(11)13(19)14(17)20/h4-6,8H,3,7H2,1-2H3,(H,16,18). The van der Waals surface area contributed by atoms with Crippen LogP contribution in [0.5, 0.6) is 0 Å². The molecule has 6 heteroatoms. The molecule has 0 fully saturated rings. The van der Waals surface area contributed by atoms with E-state index in [1.165, 1.54) is 6.07 Å².